The number of furan rings is 1. The van der Waals surface area contributed by atoms with Gasteiger partial charge in [0.1, 0.15) is 5.58 Å². The average Bonchev–Trinajstić information content (AvgIpc) is 3.60. The van der Waals surface area contributed by atoms with Crippen molar-refractivity contribution in [2.75, 3.05) is 0 Å². The predicted octanol–water partition coefficient (Wildman–Crippen LogP) is 11.4. The minimum atomic E-state index is 0. The summed E-state index contributed by atoms with van der Waals surface area (Å²) in [6.07, 6.45) is 7.90. The van der Waals surface area contributed by atoms with Crippen LogP contribution in [0.15, 0.2) is 64.2 Å². The minimum absolute atomic E-state index is 0. The first kappa shape index (κ1) is 35.7. The summed E-state index contributed by atoms with van der Waals surface area (Å²) < 4.78 is 7.66. The Labute approximate surface area is 280 Å². The molecule has 0 aliphatic rings. The van der Waals surface area contributed by atoms with Gasteiger partial charge in [0.2, 0.25) is 0 Å². The number of thiophene rings is 1. The number of nitrogens with zero attached hydrogens (tertiary/aromatic N) is 1. The Kier molecular flexibility index (Phi) is 12.5. The number of allylic oxidation sites excluding steroid dienone is 2. The van der Waals surface area contributed by atoms with Crippen molar-refractivity contribution in [2.24, 2.45) is 17.3 Å². The number of aliphatic hydroxyl groups excluding tert-OH is 1. The summed E-state index contributed by atoms with van der Waals surface area (Å²) in [5.74, 6) is 0.547. The fourth-order valence-corrected chi connectivity index (χ4v) is 6.46. The molecule has 44 heavy (non-hydrogen) atoms. The van der Waals surface area contributed by atoms with E-state index in [2.05, 4.69) is 69.5 Å². The van der Waals surface area contributed by atoms with E-state index < -0.39 is 0 Å². The summed E-state index contributed by atoms with van der Waals surface area (Å²) in [7, 11) is 0. The molecule has 237 valence electrons. The first-order valence-electron chi connectivity index (χ1n) is 15.6. The molecule has 0 atom stereocenters. The molecule has 0 aliphatic carbocycles. The fourth-order valence-electron chi connectivity index (χ4n) is 5.68. The van der Waals surface area contributed by atoms with Crippen LogP contribution in [0.5, 0.6) is 0 Å². The Bertz CT molecular complexity index is 1730. The van der Waals surface area contributed by atoms with Gasteiger partial charge in [0, 0.05) is 59.7 Å². The number of rotatable bonds is 9. The third-order valence-electron chi connectivity index (χ3n) is 8.30. The Morgan fingerprint density at radius 3 is 2.27 bits per heavy atom. The van der Waals surface area contributed by atoms with E-state index in [9.17, 15) is 9.90 Å². The Hall–Kier alpha value is -2.79. The molecule has 0 aliphatic heterocycles. The molecule has 2 aromatic carbocycles. The second kappa shape index (κ2) is 15.5. The number of aliphatic hydroxyl groups is 1. The predicted molar refractivity (Wildman–Crippen MR) is 183 cm³/mol. The van der Waals surface area contributed by atoms with E-state index >= 15 is 0 Å². The number of fused-ring (bicyclic) bond motifs is 5. The van der Waals surface area contributed by atoms with Gasteiger partial charge in [0.25, 0.3) is 0 Å². The van der Waals surface area contributed by atoms with Crippen LogP contribution in [0, 0.1) is 30.2 Å². The van der Waals surface area contributed by atoms with Crippen molar-refractivity contribution < 1.29 is 34.4 Å². The molecule has 5 aromatic rings. The standard InChI is InChI=1S/C25H22NOS.C13H24O2.Ir/c1-15-14-26-21(12-16(15)13-25(2,3)4)19-7-5-6-17-18-8-9-22-20(10-11-28-22)24(18)27-23(17)19;1-5-10(6-2)12(14)9-13(15)11(7-3)8-4;/h5-6,8-12,14H,13H2,1-4H3;9-11,14H,5-8H2,1-4H3;/q-1;;/b;12-9-;. The van der Waals surface area contributed by atoms with Gasteiger partial charge in [-0.2, -0.15) is 0 Å². The van der Waals surface area contributed by atoms with Crippen LogP contribution < -0.4 is 0 Å². The SMILES string of the molecule is CCC(CC)C(=O)/C=C(\O)C(CC)CC.Cc1cnc(-c2[c-]ccc3c2oc2c4ccsc4ccc32)cc1CC(C)(C)C.[Ir]. The normalized spacial score (nSPS) is 12.2. The Morgan fingerprint density at radius 1 is 0.977 bits per heavy atom. The summed E-state index contributed by atoms with van der Waals surface area (Å²) in [6.45, 7) is 17.0. The summed E-state index contributed by atoms with van der Waals surface area (Å²) in [6, 6.07) is 16.1. The average molecular weight is 789 g/mol. The topological polar surface area (TPSA) is 63.3 Å². The molecule has 6 heteroatoms. The van der Waals surface area contributed by atoms with Crippen LogP contribution in [0.4, 0.5) is 0 Å². The third kappa shape index (κ3) is 8.07. The molecule has 4 nitrogen and oxygen atoms in total. The molecular weight excluding hydrogens is 743 g/mol. The number of benzene rings is 2. The molecule has 0 amide bonds. The quantitative estimate of drug-likeness (QED) is 0.0918. The molecule has 0 spiro atoms. The molecule has 1 radical (unpaired) electrons. The van der Waals surface area contributed by atoms with Crippen molar-refractivity contribution in [2.45, 2.75) is 87.5 Å². The molecule has 5 rings (SSSR count). The Morgan fingerprint density at radius 2 is 1.64 bits per heavy atom. The zero-order chi connectivity index (χ0) is 31.3. The van der Waals surface area contributed by atoms with Gasteiger partial charge in [-0.15, -0.1) is 29.5 Å². The first-order valence-corrected chi connectivity index (χ1v) is 16.5. The maximum atomic E-state index is 11.7. The zero-order valence-electron chi connectivity index (χ0n) is 27.3. The molecule has 0 unspecified atom stereocenters. The summed E-state index contributed by atoms with van der Waals surface area (Å²) in [5, 5.41) is 15.3. The van der Waals surface area contributed by atoms with Crippen LogP contribution in [-0.4, -0.2) is 15.9 Å². The number of aryl methyl sites for hydroxylation is 1. The van der Waals surface area contributed by atoms with Gasteiger partial charge >= 0.3 is 0 Å². The smallest absolute Gasteiger partial charge is 0.162 e. The van der Waals surface area contributed by atoms with Gasteiger partial charge in [-0.3, -0.25) is 4.79 Å². The number of pyridine rings is 1. The second-order valence-electron chi connectivity index (χ2n) is 12.7. The van der Waals surface area contributed by atoms with Crippen LogP contribution in [0.1, 0.15) is 85.3 Å². The van der Waals surface area contributed by atoms with Crippen molar-refractivity contribution in [3.63, 3.8) is 0 Å². The van der Waals surface area contributed by atoms with Crippen LogP contribution in [0.2, 0.25) is 0 Å². The number of ketones is 1. The van der Waals surface area contributed by atoms with Crippen LogP contribution >= 0.6 is 11.3 Å². The number of carbonyl (C=O) groups excluding carboxylic acids is 1. The minimum Gasteiger partial charge on any atom is -0.512 e. The molecule has 0 saturated heterocycles. The van der Waals surface area contributed by atoms with Gasteiger partial charge in [0.05, 0.1) is 11.3 Å². The third-order valence-corrected chi connectivity index (χ3v) is 9.19. The van der Waals surface area contributed by atoms with Crippen molar-refractivity contribution in [3.05, 3.63) is 77.0 Å². The number of aromatic nitrogens is 1. The molecular formula is C38H46IrNO3S-. The van der Waals surface area contributed by atoms with E-state index in [1.54, 1.807) is 11.3 Å². The van der Waals surface area contributed by atoms with Gasteiger partial charge in [-0.1, -0.05) is 77.1 Å². The molecule has 1 N–H and O–H groups in total. The van der Waals surface area contributed by atoms with Crippen LogP contribution in [-0.2, 0) is 31.3 Å². The van der Waals surface area contributed by atoms with Crippen LogP contribution in [0.25, 0.3) is 43.3 Å². The van der Waals surface area contributed by atoms with E-state index in [0.29, 0.717) is 0 Å². The van der Waals surface area contributed by atoms with Crippen molar-refractivity contribution >= 4 is 49.1 Å². The monoisotopic (exact) mass is 789 g/mol. The largest absolute Gasteiger partial charge is 0.512 e. The zero-order valence-corrected chi connectivity index (χ0v) is 30.6. The van der Waals surface area contributed by atoms with Gasteiger partial charge in [0.15, 0.2) is 5.78 Å². The maximum absolute atomic E-state index is 11.7. The van der Waals surface area contributed by atoms with E-state index in [0.717, 1.165) is 65.3 Å². The summed E-state index contributed by atoms with van der Waals surface area (Å²) in [4.78, 5) is 16.4. The van der Waals surface area contributed by atoms with Gasteiger partial charge in [-0.05, 0) is 73.2 Å². The van der Waals surface area contributed by atoms with Crippen molar-refractivity contribution in [1.29, 1.82) is 0 Å². The Balaban J connectivity index is 0.000000286. The summed E-state index contributed by atoms with van der Waals surface area (Å²) in [5.41, 5.74) is 6.48. The van der Waals surface area contributed by atoms with Crippen molar-refractivity contribution in [1.82, 2.24) is 4.98 Å². The van der Waals surface area contributed by atoms with E-state index in [-0.39, 0.29) is 48.9 Å². The van der Waals surface area contributed by atoms with Crippen LogP contribution in [0.3, 0.4) is 0 Å². The van der Waals surface area contributed by atoms with Crippen molar-refractivity contribution in [3.8, 4) is 11.3 Å². The second-order valence-corrected chi connectivity index (χ2v) is 13.7. The van der Waals surface area contributed by atoms with Gasteiger partial charge < -0.3 is 14.5 Å². The molecule has 0 saturated carbocycles. The maximum Gasteiger partial charge on any atom is 0.162 e. The number of hydrogen-bond donors (Lipinski definition) is 1. The number of carbonyl (C=O) groups is 1. The molecule has 3 aromatic heterocycles. The van der Waals surface area contributed by atoms with E-state index in [1.165, 1.54) is 27.3 Å². The summed E-state index contributed by atoms with van der Waals surface area (Å²) >= 11 is 1.74. The molecule has 3 heterocycles. The van der Waals surface area contributed by atoms with Gasteiger partial charge in [-0.25, -0.2) is 0 Å². The van der Waals surface area contributed by atoms with E-state index in [4.69, 9.17) is 9.40 Å². The molecule has 0 fully saturated rings. The van der Waals surface area contributed by atoms with E-state index in [1.807, 2.05) is 40.0 Å². The first-order chi connectivity index (χ1) is 20.5. The molecule has 0 bridgehead atoms. The fraction of sp³-hybridized carbons (Fsp3) is 0.421. The number of hydrogen-bond acceptors (Lipinski definition) is 5.